The third-order valence-electron chi connectivity index (χ3n) is 2.96. The quantitative estimate of drug-likeness (QED) is 0.768. The Morgan fingerprint density at radius 2 is 1.95 bits per heavy atom. The minimum atomic E-state index is -0.519. The number of aromatic nitrogens is 3. The van der Waals surface area contributed by atoms with Crippen molar-refractivity contribution in [1.82, 2.24) is 20.3 Å². The molecular formula is C14H24N4O3. The number of nitrogens with zero attached hydrogens (tertiary/aromatic N) is 3. The molecule has 1 aromatic rings. The van der Waals surface area contributed by atoms with Crippen LogP contribution in [0.5, 0.6) is 0 Å². The molecule has 0 radical (unpaired) electrons. The molecule has 1 rings (SSSR count). The van der Waals surface area contributed by atoms with Crippen LogP contribution in [0.15, 0.2) is 0 Å². The molecular weight excluding hydrogens is 272 g/mol. The number of amides is 1. The number of rotatable bonds is 7. The number of nitrogens with one attached hydrogen (secondary N) is 1. The SMILES string of the molecule is CCNC(=O)C(C)n1nnc(C(=O)OCC)c1CC(C)C. The van der Waals surface area contributed by atoms with Gasteiger partial charge >= 0.3 is 5.97 Å². The highest BCUT2D eigenvalue weighted by Gasteiger charge is 2.26. The zero-order chi connectivity index (χ0) is 16.0. The summed E-state index contributed by atoms with van der Waals surface area (Å²) >= 11 is 0. The molecule has 1 heterocycles. The Hall–Kier alpha value is -1.92. The number of hydrogen-bond donors (Lipinski definition) is 1. The Morgan fingerprint density at radius 3 is 2.48 bits per heavy atom. The summed E-state index contributed by atoms with van der Waals surface area (Å²) in [5, 5.41) is 10.6. The zero-order valence-corrected chi connectivity index (χ0v) is 13.3. The monoisotopic (exact) mass is 296 g/mol. The second kappa shape index (κ2) is 7.75. The van der Waals surface area contributed by atoms with E-state index in [0.717, 1.165) is 0 Å². The minimum absolute atomic E-state index is 0.150. The van der Waals surface area contributed by atoms with Gasteiger partial charge in [0.25, 0.3) is 0 Å². The fourth-order valence-electron chi connectivity index (χ4n) is 1.99. The highest BCUT2D eigenvalue weighted by Crippen LogP contribution is 2.17. The summed E-state index contributed by atoms with van der Waals surface area (Å²) in [5.41, 5.74) is 0.837. The maximum absolute atomic E-state index is 12.0. The normalized spacial score (nSPS) is 12.3. The first kappa shape index (κ1) is 17.1. The molecule has 0 aromatic carbocycles. The molecule has 7 heteroatoms. The summed E-state index contributed by atoms with van der Waals surface area (Å²) in [6, 6.07) is -0.519. The van der Waals surface area contributed by atoms with E-state index in [9.17, 15) is 9.59 Å². The van der Waals surface area contributed by atoms with Crippen molar-refractivity contribution < 1.29 is 14.3 Å². The van der Waals surface area contributed by atoms with Gasteiger partial charge in [-0.25, -0.2) is 9.48 Å². The van der Waals surface area contributed by atoms with Crippen LogP contribution in [0.2, 0.25) is 0 Å². The average Bonchev–Trinajstić information content (AvgIpc) is 2.81. The lowest BCUT2D eigenvalue weighted by atomic mass is 10.1. The molecule has 1 unspecified atom stereocenters. The third kappa shape index (κ3) is 4.27. The van der Waals surface area contributed by atoms with Gasteiger partial charge < -0.3 is 10.1 Å². The maximum atomic E-state index is 12.0. The second-order valence-corrected chi connectivity index (χ2v) is 5.22. The first-order chi connectivity index (χ1) is 9.92. The van der Waals surface area contributed by atoms with Crippen molar-refractivity contribution in [2.45, 2.75) is 47.1 Å². The van der Waals surface area contributed by atoms with Crippen molar-refractivity contribution in [3.63, 3.8) is 0 Å². The van der Waals surface area contributed by atoms with Crippen LogP contribution in [-0.2, 0) is 16.0 Å². The Bertz CT molecular complexity index is 496. The predicted octanol–water partition coefficient (Wildman–Crippen LogP) is 1.35. The third-order valence-corrected chi connectivity index (χ3v) is 2.96. The van der Waals surface area contributed by atoms with E-state index in [0.29, 0.717) is 24.6 Å². The fraction of sp³-hybridized carbons (Fsp3) is 0.714. The smallest absolute Gasteiger partial charge is 0.360 e. The van der Waals surface area contributed by atoms with Gasteiger partial charge in [-0.1, -0.05) is 19.1 Å². The Morgan fingerprint density at radius 1 is 1.29 bits per heavy atom. The fourth-order valence-corrected chi connectivity index (χ4v) is 1.99. The van der Waals surface area contributed by atoms with Crippen molar-refractivity contribution >= 4 is 11.9 Å². The van der Waals surface area contributed by atoms with Gasteiger partial charge in [-0.05, 0) is 33.1 Å². The lowest BCUT2D eigenvalue weighted by Gasteiger charge is -2.15. The zero-order valence-electron chi connectivity index (χ0n) is 13.3. The van der Waals surface area contributed by atoms with E-state index in [1.54, 1.807) is 13.8 Å². The van der Waals surface area contributed by atoms with Crippen molar-refractivity contribution in [3.8, 4) is 0 Å². The predicted molar refractivity (Wildman–Crippen MR) is 77.9 cm³/mol. The molecule has 118 valence electrons. The van der Waals surface area contributed by atoms with Gasteiger partial charge in [-0.15, -0.1) is 5.10 Å². The van der Waals surface area contributed by atoms with Gasteiger partial charge in [-0.2, -0.15) is 0 Å². The van der Waals surface area contributed by atoms with Crippen LogP contribution in [0.1, 0.15) is 56.8 Å². The summed E-state index contributed by atoms with van der Waals surface area (Å²) < 4.78 is 6.51. The van der Waals surface area contributed by atoms with Crippen LogP contribution in [0.4, 0.5) is 0 Å². The van der Waals surface area contributed by atoms with Gasteiger partial charge in [0.1, 0.15) is 6.04 Å². The second-order valence-electron chi connectivity index (χ2n) is 5.22. The topological polar surface area (TPSA) is 86.1 Å². The van der Waals surface area contributed by atoms with Gasteiger partial charge in [-0.3, -0.25) is 4.79 Å². The van der Waals surface area contributed by atoms with E-state index in [-0.39, 0.29) is 18.2 Å². The van der Waals surface area contributed by atoms with E-state index in [1.807, 2.05) is 20.8 Å². The average molecular weight is 296 g/mol. The number of ether oxygens (including phenoxy) is 1. The van der Waals surface area contributed by atoms with Crippen molar-refractivity contribution in [3.05, 3.63) is 11.4 Å². The van der Waals surface area contributed by atoms with E-state index in [4.69, 9.17) is 4.74 Å². The van der Waals surface area contributed by atoms with E-state index >= 15 is 0 Å². The maximum Gasteiger partial charge on any atom is 0.360 e. The summed E-state index contributed by atoms with van der Waals surface area (Å²) in [4.78, 5) is 23.9. The van der Waals surface area contributed by atoms with Gasteiger partial charge in [0.2, 0.25) is 5.91 Å². The molecule has 0 aliphatic carbocycles. The van der Waals surface area contributed by atoms with Crippen LogP contribution < -0.4 is 5.32 Å². The lowest BCUT2D eigenvalue weighted by Crippen LogP contribution is -2.32. The molecule has 0 bridgehead atoms. The standard InChI is InChI=1S/C14H24N4O3/c1-6-15-13(19)10(5)18-11(8-9(3)4)12(16-17-18)14(20)21-7-2/h9-10H,6-8H2,1-5H3,(H,15,19). The van der Waals surface area contributed by atoms with Gasteiger partial charge in [0, 0.05) is 6.54 Å². The molecule has 1 N–H and O–H groups in total. The van der Waals surface area contributed by atoms with Gasteiger partial charge in [0.05, 0.1) is 12.3 Å². The summed E-state index contributed by atoms with van der Waals surface area (Å²) in [5.74, 6) is -0.345. The van der Waals surface area contributed by atoms with Crippen LogP contribution in [0.25, 0.3) is 0 Å². The molecule has 1 atom stereocenters. The molecule has 0 fully saturated rings. The Balaban J connectivity index is 3.14. The van der Waals surface area contributed by atoms with E-state index in [2.05, 4.69) is 15.6 Å². The molecule has 0 aliphatic heterocycles. The lowest BCUT2D eigenvalue weighted by molar-refractivity contribution is -0.124. The van der Waals surface area contributed by atoms with Crippen molar-refractivity contribution in [1.29, 1.82) is 0 Å². The molecule has 0 saturated carbocycles. The molecule has 0 spiro atoms. The summed E-state index contributed by atoms with van der Waals surface area (Å²) in [6.07, 6.45) is 0.602. The number of likely N-dealkylation sites (N-methyl/N-ethyl adjacent to an activating group) is 1. The number of esters is 1. The largest absolute Gasteiger partial charge is 0.461 e. The molecule has 7 nitrogen and oxygen atoms in total. The summed E-state index contributed by atoms with van der Waals surface area (Å²) in [7, 11) is 0. The van der Waals surface area contributed by atoms with E-state index < -0.39 is 12.0 Å². The number of carbonyl (C=O) groups excluding carboxylic acids is 2. The molecule has 21 heavy (non-hydrogen) atoms. The van der Waals surface area contributed by atoms with Crippen molar-refractivity contribution in [2.24, 2.45) is 5.92 Å². The van der Waals surface area contributed by atoms with Crippen LogP contribution in [-0.4, -0.2) is 40.0 Å². The minimum Gasteiger partial charge on any atom is -0.461 e. The highest BCUT2D eigenvalue weighted by atomic mass is 16.5. The molecule has 1 aromatic heterocycles. The highest BCUT2D eigenvalue weighted by molar-refractivity contribution is 5.88. The number of hydrogen-bond acceptors (Lipinski definition) is 5. The Kier molecular flexibility index (Phi) is 6.33. The molecule has 0 aliphatic rings. The molecule has 1 amide bonds. The Labute approximate surface area is 125 Å². The molecule has 0 saturated heterocycles. The van der Waals surface area contributed by atoms with Crippen molar-refractivity contribution in [2.75, 3.05) is 13.2 Å². The van der Waals surface area contributed by atoms with Gasteiger partial charge in [0.15, 0.2) is 5.69 Å². The van der Waals surface area contributed by atoms with Crippen LogP contribution in [0.3, 0.4) is 0 Å². The first-order valence-electron chi connectivity index (χ1n) is 7.31. The number of carbonyl (C=O) groups is 2. The van der Waals surface area contributed by atoms with Crippen LogP contribution in [0, 0.1) is 5.92 Å². The summed E-state index contributed by atoms with van der Waals surface area (Å²) in [6.45, 7) is 10.2. The van der Waals surface area contributed by atoms with Crippen LogP contribution >= 0.6 is 0 Å². The first-order valence-corrected chi connectivity index (χ1v) is 7.31. The van der Waals surface area contributed by atoms with E-state index in [1.165, 1.54) is 4.68 Å².